The highest BCUT2D eigenvalue weighted by molar-refractivity contribution is 9.10. The fraction of sp³-hybridized carbons (Fsp3) is 0.533. The normalized spacial score (nSPS) is 18.4. The van der Waals surface area contributed by atoms with Crippen LogP contribution in [-0.2, 0) is 0 Å². The van der Waals surface area contributed by atoms with Crippen molar-refractivity contribution in [3.05, 3.63) is 33.8 Å². The summed E-state index contributed by atoms with van der Waals surface area (Å²) in [5.74, 6) is 0.0418. The molecule has 0 heterocycles. The summed E-state index contributed by atoms with van der Waals surface area (Å²) in [6, 6.07) is 5.76. The highest BCUT2D eigenvalue weighted by Gasteiger charge is 2.28. The molecule has 18 heavy (non-hydrogen) atoms. The van der Waals surface area contributed by atoms with Crippen LogP contribution < -0.4 is 5.32 Å². The van der Waals surface area contributed by atoms with Gasteiger partial charge in [-0.15, -0.1) is 0 Å². The Hall–Kier alpha value is -0.830. The number of halogens is 1. The van der Waals surface area contributed by atoms with Gasteiger partial charge in [0.15, 0.2) is 0 Å². The molecular weight excluding hydrogens is 290 g/mol. The molecule has 0 spiro atoms. The van der Waals surface area contributed by atoms with Gasteiger partial charge in [-0.2, -0.15) is 0 Å². The van der Waals surface area contributed by atoms with Crippen LogP contribution in [0.2, 0.25) is 0 Å². The fourth-order valence-electron chi connectivity index (χ4n) is 2.54. The van der Waals surface area contributed by atoms with Crippen molar-refractivity contribution >= 4 is 21.8 Å². The number of carbonyl (C=O) groups is 1. The first-order valence-electron chi connectivity index (χ1n) is 6.59. The molecule has 1 aliphatic rings. The zero-order valence-electron chi connectivity index (χ0n) is 11.1. The van der Waals surface area contributed by atoms with Crippen LogP contribution in [0.15, 0.2) is 22.7 Å². The van der Waals surface area contributed by atoms with Crippen molar-refractivity contribution in [1.82, 2.24) is 5.32 Å². The van der Waals surface area contributed by atoms with Crippen LogP contribution in [0.1, 0.15) is 54.9 Å². The van der Waals surface area contributed by atoms with Gasteiger partial charge in [0.2, 0.25) is 0 Å². The number of carbonyl (C=O) groups excluding carboxylic acids is 1. The summed E-state index contributed by atoms with van der Waals surface area (Å²) in [5.41, 5.74) is 1.86. The van der Waals surface area contributed by atoms with E-state index in [1.54, 1.807) is 0 Å². The third kappa shape index (κ3) is 3.14. The summed E-state index contributed by atoms with van der Waals surface area (Å²) >= 11 is 3.47. The van der Waals surface area contributed by atoms with Gasteiger partial charge in [-0.3, -0.25) is 4.79 Å². The second-order valence-corrected chi connectivity index (χ2v) is 6.39. The quantitative estimate of drug-likeness (QED) is 0.871. The molecule has 1 saturated carbocycles. The van der Waals surface area contributed by atoms with Crippen molar-refractivity contribution in [2.24, 2.45) is 0 Å². The Balaban J connectivity index is 2.09. The molecule has 1 aromatic carbocycles. The molecule has 1 amide bonds. The Kier molecular flexibility index (Phi) is 4.10. The van der Waals surface area contributed by atoms with Crippen molar-refractivity contribution in [3.8, 4) is 0 Å². The van der Waals surface area contributed by atoms with Crippen molar-refractivity contribution in [2.45, 2.75) is 51.5 Å². The summed E-state index contributed by atoms with van der Waals surface area (Å²) in [6.45, 7) is 4.18. The van der Waals surface area contributed by atoms with E-state index in [9.17, 15) is 4.79 Å². The Labute approximate surface area is 117 Å². The van der Waals surface area contributed by atoms with Gasteiger partial charge >= 0.3 is 0 Å². The second-order valence-electron chi connectivity index (χ2n) is 5.54. The van der Waals surface area contributed by atoms with Gasteiger partial charge in [-0.25, -0.2) is 0 Å². The van der Waals surface area contributed by atoms with Crippen molar-refractivity contribution in [2.75, 3.05) is 0 Å². The number of hydrogen-bond acceptors (Lipinski definition) is 1. The molecule has 1 N–H and O–H groups in total. The maximum absolute atomic E-state index is 12.2. The molecule has 0 aromatic heterocycles. The van der Waals surface area contributed by atoms with E-state index < -0.39 is 0 Å². The Bertz CT molecular complexity index is 450. The van der Waals surface area contributed by atoms with Gasteiger partial charge < -0.3 is 5.32 Å². The second kappa shape index (κ2) is 5.43. The third-order valence-corrected chi connectivity index (χ3v) is 4.66. The first-order chi connectivity index (χ1) is 8.50. The Morgan fingerprint density at radius 2 is 1.94 bits per heavy atom. The minimum atomic E-state index is -0.0211. The van der Waals surface area contributed by atoms with Crippen molar-refractivity contribution in [3.63, 3.8) is 0 Å². The average molecular weight is 310 g/mol. The molecular formula is C15H20BrNO. The minimum Gasteiger partial charge on any atom is -0.347 e. The van der Waals surface area contributed by atoms with E-state index in [1.165, 1.54) is 19.3 Å². The van der Waals surface area contributed by atoms with E-state index in [1.807, 2.05) is 25.1 Å². The number of amides is 1. The van der Waals surface area contributed by atoms with E-state index >= 15 is 0 Å². The standard InChI is InChI=1S/C15H20BrNO/c1-11-6-7-12(10-13(11)16)14(18)17-15(2)8-4-3-5-9-15/h6-7,10H,3-5,8-9H2,1-2H3,(H,17,18). The van der Waals surface area contributed by atoms with E-state index in [0.29, 0.717) is 0 Å². The molecule has 0 bridgehead atoms. The van der Waals surface area contributed by atoms with Crippen LogP contribution in [0.25, 0.3) is 0 Å². The molecule has 2 nitrogen and oxygen atoms in total. The van der Waals surface area contributed by atoms with Crippen LogP contribution in [0.5, 0.6) is 0 Å². The molecule has 0 saturated heterocycles. The molecule has 0 aliphatic heterocycles. The predicted molar refractivity (Wildman–Crippen MR) is 77.8 cm³/mol. The van der Waals surface area contributed by atoms with E-state index in [4.69, 9.17) is 0 Å². The lowest BCUT2D eigenvalue weighted by Crippen LogP contribution is -2.47. The van der Waals surface area contributed by atoms with Gasteiger partial charge in [0, 0.05) is 15.6 Å². The molecule has 1 aromatic rings. The maximum Gasteiger partial charge on any atom is 0.251 e. The summed E-state index contributed by atoms with van der Waals surface area (Å²) in [4.78, 5) is 12.2. The lowest BCUT2D eigenvalue weighted by Gasteiger charge is -2.34. The van der Waals surface area contributed by atoms with Gasteiger partial charge in [-0.05, 0) is 44.4 Å². The maximum atomic E-state index is 12.2. The van der Waals surface area contributed by atoms with E-state index in [0.717, 1.165) is 28.4 Å². The number of benzene rings is 1. The monoisotopic (exact) mass is 309 g/mol. The number of aryl methyl sites for hydroxylation is 1. The van der Waals surface area contributed by atoms with Crippen LogP contribution in [0.4, 0.5) is 0 Å². The summed E-state index contributed by atoms with van der Waals surface area (Å²) < 4.78 is 0.990. The molecule has 1 fully saturated rings. The number of hydrogen-bond donors (Lipinski definition) is 1. The van der Waals surface area contributed by atoms with Crippen molar-refractivity contribution in [1.29, 1.82) is 0 Å². The topological polar surface area (TPSA) is 29.1 Å². The zero-order chi connectivity index (χ0) is 13.2. The van der Waals surface area contributed by atoms with Gasteiger partial charge in [0.05, 0.1) is 0 Å². The Morgan fingerprint density at radius 3 is 2.56 bits per heavy atom. The zero-order valence-corrected chi connectivity index (χ0v) is 12.6. The third-order valence-electron chi connectivity index (χ3n) is 3.81. The summed E-state index contributed by atoms with van der Waals surface area (Å²) in [5, 5.41) is 3.20. The lowest BCUT2D eigenvalue weighted by atomic mass is 9.83. The first kappa shape index (κ1) is 13.6. The van der Waals surface area contributed by atoms with Crippen LogP contribution in [0, 0.1) is 6.92 Å². The molecule has 1 aliphatic carbocycles. The largest absolute Gasteiger partial charge is 0.347 e. The Morgan fingerprint density at radius 1 is 1.28 bits per heavy atom. The molecule has 3 heteroatoms. The molecule has 0 unspecified atom stereocenters. The van der Waals surface area contributed by atoms with Crippen LogP contribution in [0.3, 0.4) is 0 Å². The SMILES string of the molecule is Cc1ccc(C(=O)NC2(C)CCCCC2)cc1Br. The molecule has 98 valence electrons. The minimum absolute atomic E-state index is 0.0211. The number of rotatable bonds is 2. The van der Waals surface area contributed by atoms with Crippen LogP contribution >= 0.6 is 15.9 Å². The highest BCUT2D eigenvalue weighted by atomic mass is 79.9. The predicted octanol–water partition coefficient (Wildman–Crippen LogP) is 4.21. The van der Waals surface area contributed by atoms with Gasteiger partial charge in [0.25, 0.3) is 5.91 Å². The smallest absolute Gasteiger partial charge is 0.251 e. The van der Waals surface area contributed by atoms with Gasteiger partial charge in [0.1, 0.15) is 0 Å². The summed E-state index contributed by atoms with van der Waals surface area (Å²) in [7, 11) is 0. The fourth-order valence-corrected chi connectivity index (χ4v) is 2.92. The molecule has 0 atom stereocenters. The average Bonchev–Trinajstić information content (AvgIpc) is 2.33. The lowest BCUT2D eigenvalue weighted by molar-refractivity contribution is 0.0882. The van der Waals surface area contributed by atoms with E-state index in [-0.39, 0.29) is 11.4 Å². The first-order valence-corrected chi connectivity index (χ1v) is 7.38. The summed E-state index contributed by atoms with van der Waals surface area (Å²) in [6.07, 6.45) is 5.90. The highest BCUT2D eigenvalue weighted by Crippen LogP contribution is 2.28. The van der Waals surface area contributed by atoms with Crippen LogP contribution in [-0.4, -0.2) is 11.4 Å². The van der Waals surface area contributed by atoms with E-state index in [2.05, 4.69) is 28.2 Å². The molecule has 0 radical (unpaired) electrons. The van der Waals surface area contributed by atoms with Gasteiger partial charge in [-0.1, -0.05) is 41.3 Å². The van der Waals surface area contributed by atoms with Crippen molar-refractivity contribution < 1.29 is 4.79 Å². The molecule has 2 rings (SSSR count). The number of nitrogens with one attached hydrogen (secondary N) is 1.